The molecule has 0 amide bonds. The van der Waals surface area contributed by atoms with Gasteiger partial charge in [-0.25, -0.2) is 4.39 Å². The van der Waals surface area contributed by atoms with Gasteiger partial charge in [0, 0.05) is 6.04 Å². The summed E-state index contributed by atoms with van der Waals surface area (Å²) in [4.78, 5) is 0. The summed E-state index contributed by atoms with van der Waals surface area (Å²) in [6.07, 6.45) is 3.78. The SMILES string of the molecule is NC(CCCc1ccccc1)Cc1ccc(F)c(Cl)c1. The van der Waals surface area contributed by atoms with Crippen LogP contribution >= 0.6 is 11.6 Å². The number of halogens is 2. The van der Waals surface area contributed by atoms with E-state index in [1.54, 1.807) is 12.1 Å². The molecule has 2 rings (SSSR count). The molecule has 0 radical (unpaired) electrons. The number of rotatable bonds is 6. The molecule has 106 valence electrons. The summed E-state index contributed by atoms with van der Waals surface area (Å²) in [6, 6.07) is 15.3. The summed E-state index contributed by atoms with van der Waals surface area (Å²) >= 11 is 5.77. The normalized spacial score (nSPS) is 12.3. The third kappa shape index (κ3) is 4.62. The Balaban J connectivity index is 1.77. The molecule has 0 spiro atoms. The highest BCUT2D eigenvalue weighted by Crippen LogP contribution is 2.17. The maximum absolute atomic E-state index is 13.1. The maximum Gasteiger partial charge on any atom is 0.141 e. The van der Waals surface area contributed by atoms with E-state index in [0.717, 1.165) is 31.2 Å². The van der Waals surface area contributed by atoms with Crippen LogP contribution in [0, 0.1) is 5.82 Å². The molecule has 0 fully saturated rings. The number of aryl methyl sites for hydroxylation is 1. The third-order valence-corrected chi connectivity index (χ3v) is 3.65. The molecule has 2 aromatic carbocycles. The Kier molecular flexibility index (Phi) is 5.57. The van der Waals surface area contributed by atoms with Gasteiger partial charge in [-0.2, -0.15) is 0 Å². The van der Waals surface area contributed by atoms with E-state index in [1.807, 2.05) is 6.07 Å². The van der Waals surface area contributed by atoms with Crippen LogP contribution < -0.4 is 5.73 Å². The van der Waals surface area contributed by atoms with Crippen LogP contribution in [0.5, 0.6) is 0 Å². The van der Waals surface area contributed by atoms with E-state index >= 15 is 0 Å². The Labute approximate surface area is 124 Å². The number of hydrogen-bond acceptors (Lipinski definition) is 1. The smallest absolute Gasteiger partial charge is 0.141 e. The number of hydrogen-bond donors (Lipinski definition) is 1. The zero-order valence-corrected chi connectivity index (χ0v) is 12.1. The van der Waals surface area contributed by atoms with Crippen LogP contribution in [0.15, 0.2) is 48.5 Å². The Hall–Kier alpha value is -1.38. The van der Waals surface area contributed by atoms with Crippen LogP contribution in [0.3, 0.4) is 0 Å². The first-order chi connectivity index (χ1) is 9.65. The van der Waals surface area contributed by atoms with Crippen molar-refractivity contribution in [2.45, 2.75) is 31.7 Å². The number of benzene rings is 2. The maximum atomic E-state index is 13.1. The van der Waals surface area contributed by atoms with Crippen molar-refractivity contribution < 1.29 is 4.39 Å². The lowest BCUT2D eigenvalue weighted by molar-refractivity contribution is 0.578. The van der Waals surface area contributed by atoms with Gasteiger partial charge in [0.25, 0.3) is 0 Å². The highest BCUT2D eigenvalue weighted by molar-refractivity contribution is 6.30. The van der Waals surface area contributed by atoms with Gasteiger partial charge in [0.15, 0.2) is 0 Å². The van der Waals surface area contributed by atoms with Gasteiger partial charge < -0.3 is 5.73 Å². The quantitative estimate of drug-likeness (QED) is 0.840. The lowest BCUT2D eigenvalue weighted by atomic mass is 10.00. The Bertz CT molecular complexity index is 542. The summed E-state index contributed by atoms with van der Waals surface area (Å²) in [5, 5.41) is 0.166. The first-order valence-corrected chi connectivity index (χ1v) is 7.26. The molecule has 0 saturated carbocycles. The van der Waals surface area contributed by atoms with Crippen molar-refractivity contribution in [3.63, 3.8) is 0 Å². The second-order valence-corrected chi connectivity index (χ2v) is 5.50. The van der Waals surface area contributed by atoms with Crippen molar-refractivity contribution >= 4 is 11.6 Å². The van der Waals surface area contributed by atoms with Crippen LogP contribution in [-0.2, 0) is 12.8 Å². The Morgan fingerprint density at radius 1 is 1.05 bits per heavy atom. The molecule has 0 aliphatic carbocycles. The molecule has 20 heavy (non-hydrogen) atoms. The van der Waals surface area contributed by atoms with Gasteiger partial charge in [0.1, 0.15) is 5.82 Å². The standard InChI is InChI=1S/C17H19ClFN/c18-16-12-14(9-10-17(16)19)11-15(20)8-4-7-13-5-2-1-3-6-13/h1-3,5-6,9-10,12,15H,4,7-8,11,20H2. The molecule has 0 bridgehead atoms. The van der Waals surface area contributed by atoms with E-state index in [1.165, 1.54) is 11.6 Å². The highest BCUT2D eigenvalue weighted by Gasteiger charge is 2.07. The van der Waals surface area contributed by atoms with Crippen LogP contribution in [0.25, 0.3) is 0 Å². The molecule has 0 heterocycles. The average Bonchev–Trinajstić information content (AvgIpc) is 2.44. The van der Waals surface area contributed by atoms with Gasteiger partial charge in [0.2, 0.25) is 0 Å². The largest absolute Gasteiger partial charge is 0.327 e. The monoisotopic (exact) mass is 291 g/mol. The van der Waals surface area contributed by atoms with Crippen molar-refractivity contribution in [3.05, 3.63) is 70.5 Å². The minimum absolute atomic E-state index is 0.0836. The van der Waals surface area contributed by atoms with E-state index in [0.29, 0.717) is 0 Å². The van der Waals surface area contributed by atoms with E-state index < -0.39 is 0 Å². The molecule has 3 heteroatoms. The summed E-state index contributed by atoms with van der Waals surface area (Å²) in [5.41, 5.74) is 8.45. The fraction of sp³-hybridized carbons (Fsp3) is 0.294. The average molecular weight is 292 g/mol. The molecule has 2 N–H and O–H groups in total. The molecule has 0 aromatic heterocycles. The van der Waals surface area contributed by atoms with E-state index in [-0.39, 0.29) is 16.9 Å². The minimum Gasteiger partial charge on any atom is -0.327 e. The van der Waals surface area contributed by atoms with E-state index in [2.05, 4.69) is 24.3 Å². The van der Waals surface area contributed by atoms with Crippen molar-refractivity contribution in [2.24, 2.45) is 5.73 Å². The van der Waals surface area contributed by atoms with Gasteiger partial charge in [-0.05, 0) is 48.9 Å². The summed E-state index contributed by atoms with van der Waals surface area (Å²) in [5.74, 6) is -0.381. The molecule has 1 atom stereocenters. The van der Waals surface area contributed by atoms with Crippen LogP contribution in [0.1, 0.15) is 24.0 Å². The summed E-state index contributed by atoms with van der Waals surface area (Å²) in [7, 11) is 0. The second kappa shape index (κ2) is 7.41. The van der Waals surface area contributed by atoms with Gasteiger partial charge in [-0.3, -0.25) is 0 Å². The molecular formula is C17H19ClFN. The van der Waals surface area contributed by atoms with Gasteiger partial charge >= 0.3 is 0 Å². The second-order valence-electron chi connectivity index (χ2n) is 5.09. The Morgan fingerprint density at radius 2 is 1.80 bits per heavy atom. The first-order valence-electron chi connectivity index (χ1n) is 6.88. The molecule has 2 aromatic rings. The minimum atomic E-state index is -0.381. The van der Waals surface area contributed by atoms with Crippen molar-refractivity contribution in [3.8, 4) is 0 Å². The fourth-order valence-electron chi connectivity index (χ4n) is 2.28. The fourth-order valence-corrected chi connectivity index (χ4v) is 2.49. The molecule has 0 saturated heterocycles. The Morgan fingerprint density at radius 3 is 2.50 bits per heavy atom. The van der Waals surface area contributed by atoms with Crippen molar-refractivity contribution in [1.29, 1.82) is 0 Å². The zero-order valence-electron chi connectivity index (χ0n) is 11.4. The topological polar surface area (TPSA) is 26.0 Å². The zero-order chi connectivity index (χ0) is 14.4. The van der Waals surface area contributed by atoms with Crippen LogP contribution in [-0.4, -0.2) is 6.04 Å². The molecule has 0 aliphatic rings. The first kappa shape index (κ1) is 15.0. The molecule has 1 unspecified atom stereocenters. The van der Waals surface area contributed by atoms with Gasteiger partial charge in [0.05, 0.1) is 5.02 Å². The lowest BCUT2D eigenvalue weighted by Crippen LogP contribution is -2.22. The van der Waals surface area contributed by atoms with Gasteiger partial charge in [-0.1, -0.05) is 48.0 Å². The molecular weight excluding hydrogens is 273 g/mol. The predicted molar refractivity (Wildman–Crippen MR) is 82.5 cm³/mol. The molecule has 1 nitrogen and oxygen atoms in total. The van der Waals surface area contributed by atoms with Crippen LogP contribution in [0.4, 0.5) is 4.39 Å². The number of nitrogens with two attached hydrogens (primary N) is 1. The van der Waals surface area contributed by atoms with Crippen molar-refractivity contribution in [1.82, 2.24) is 0 Å². The summed E-state index contributed by atoms with van der Waals surface area (Å²) in [6.45, 7) is 0. The van der Waals surface area contributed by atoms with Crippen molar-refractivity contribution in [2.75, 3.05) is 0 Å². The van der Waals surface area contributed by atoms with E-state index in [4.69, 9.17) is 17.3 Å². The lowest BCUT2D eigenvalue weighted by Gasteiger charge is -2.12. The van der Waals surface area contributed by atoms with E-state index in [9.17, 15) is 4.39 Å². The van der Waals surface area contributed by atoms with Crippen LogP contribution in [0.2, 0.25) is 5.02 Å². The third-order valence-electron chi connectivity index (χ3n) is 3.37. The molecule has 0 aliphatic heterocycles. The summed E-state index contributed by atoms with van der Waals surface area (Å²) < 4.78 is 13.1. The van der Waals surface area contributed by atoms with Gasteiger partial charge in [-0.15, -0.1) is 0 Å². The highest BCUT2D eigenvalue weighted by atomic mass is 35.5. The predicted octanol–water partition coefficient (Wildman–Crippen LogP) is 4.37.